The summed E-state index contributed by atoms with van der Waals surface area (Å²) in [7, 11) is 1.42. The van der Waals surface area contributed by atoms with Crippen LogP contribution in [0.1, 0.15) is 136 Å². The first-order valence-electron chi connectivity index (χ1n) is 18.0. The Morgan fingerprint density at radius 1 is 0.745 bits per heavy atom. The lowest BCUT2D eigenvalue weighted by Gasteiger charge is -2.24. The second-order valence-electron chi connectivity index (χ2n) is 13.6. The molecule has 2 N–H and O–H groups in total. The molecule has 0 saturated heterocycles. The highest BCUT2D eigenvalue weighted by molar-refractivity contribution is 7.47. The number of nitrogens with zero attached hydrogens (tertiary/aromatic N) is 1. The van der Waals surface area contributed by atoms with Gasteiger partial charge in [-0.15, -0.1) is 0 Å². The molecule has 2 unspecified atom stereocenters. The van der Waals surface area contributed by atoms with Gasteiger partial charge < -0.3 is 24.2 Å². The van der Waals surface area contributed by atoms with Crippen LogP contribution in [-0.2, 0) is 37.5 Å². The smallest absolute Gasteiger partial charge is 0.462 e. The highest BCUT2D eigenvalue weighted by Gasteiger charge is 2.27. The van der Waals surface area contributed by atoms with Crippen LogP contribution in [0.15, 0.2) is 12.2 Å². The molecule has 0 saturated carbocycles. The maximum absolute atomic E-state index is 12.6. The molecule has 0 fully saturated rings. The first kappa shape index (κ1) is 45.2. The van der Waals surface area contributed by atoms with Crippen LogP contribution in [0, 0.1) is 0 Å². The maximum Gasteiger partial charge on any atom is 0.472 e. The Morgan fingerprint density at radius 3 is 1.74 bits per heavy atom. The summed E-state index contributed by atoms with van der Waals surface area (Å²) >= 11 is 0. The first-order chi connectivity index (χ1) is 22.3. The highest BCUT2D eigenvalue weighted by Crippen LogP contribution is 2.43. The van der Waals surface area contributed by atoms with Gasteiger partial charge in [-0.3, -0.25) is 23.4 Å². The summed E-state index contributed by atoms with van der Waals surface area (Å²) < 4.78 is 34.0. The minimum atomic E-state index is -4.38. The number of carbonyl (C=O) groups is 3. The van der Waals surface area contributed by atoms with Crippen LogP contribution < -0.4 is 5.32 Å². The zero-order chi connectivity index (χ0) is 35.4. The Balaban J connectivity index is 4.46. The summed E-state index contributed by atoms with van der Waals surface area (Å²) in [5.41, 5.74) is 0.521. The van der Waals surface area contributed by atoms with Crippen LogP contribution >= 0.6 is 7.82 Å². The lowest BCUT2D eigenvalue weighted by Crippen LogP contribution is -2.37. The van der Waals surface area contributed by atoms with Crippen LogP contribution in [0.4, 0.5) is 0 Å². The van der Waals surface area contributed by atoms with E-state index >= 15 is 0 Å². The standard InChI is InChI=1S/C35H67N2O9P/c1-7-8-9-10-11-12-15-18-21-24-33(38)43-29-32(30-45-47(41,42)44-28-27-37(4,5)6)46-34(39)25-22-19-16-13-14-17-20-23-26-36-35(40)31(2)3/h32H,2,7-30H2,1,3-6H3,(H-,36,40,41,42)/p+1. The maximum atomic E-state index is 12.6. The molecule has 0 aromatic carbocycles. The minimum absolute atomic E-state index is 0.0170. The molecule has 2 atom stereocenters. The second-order valence-corrected chi connectivity index (χ2v) is 15.1. The van der Waals surface area contributed by atoms with E-state index in [1.54, 1.807) is 6.92 Å². The Morgan fingerprint density at radius 2 is 1.23 bits per heavy atom. The Kier molecular flexibility index (Phi) is 27.0. The second kappa shape index (κ2) is 28.1. The van der Waals surface area contributed by atoms with Crippen molar-refractivity contribution in [2.24, 2.45) is 0 Å². The fraction of sp³-hybridized carbons (Fsp3) is 0.857. The summed E-state index contributed by atoms with van der Waals surface area (Å²) in [4.78, 5) is 46.5. The molecule has 0 aromatic heterocycles. The van der Waals surface area contributed by atoms with Gasteiger partial charge in [-0.2, -0.15) is 0 Å². The Labute approximate surface area is 285 Å². The van der Waals surface area contributed by atoms with Gasteiger partial charge in [-0.05, 0) is 26.2 Å². The molecule has 0 aliphatic rings. The third kappa shape index (κ3) is 31.3. The third-order valence-corrected chi connectivity index (χ3v) is 8.62. The minimum Gasteiger partial charge on any atom is -0.462 e. The molecule has 47 heavy (non-hydrogen) atoms. The molecule has 1 amide bonds. The molecular weight excluding hydrogens is 623 g/mol. The van der Waals surface area contributed by atoms with Crippen LogP contribution in [0.25, 0.3) is 0 Å². The molecule has 0 bridgehead atoms. The molecule has 0 spiro atoms. The third-order valence-electron chi connectivity index (χ3n) is 7.63. The van der Waals surface area contributed by atoms with Crippen molar-refractivity contribution in [3.05, 3.63) is 12.2 Å². The van der Waals surface area contributed by atoms with E-state index in [0.717, 1.165) is 64.2 Å². The van der Waals surface area contributed by atoms with E-state index in [1.165, 1.54) is 38.5 Å². The number of ether oxygens (including phenoxy) is 2. The first-order valence-corrected chi connectivity index (χ1v) is 19.5. The van der Waals surface area contributed by atoms with Crippen molar-refractivity contribution in [2.45, 2.75) is 142 Å². The molecule has 0 rings (SSSR count). The number of amides is 1. The summed E-state index contributed by atoms with van der Waals surface area (Å²) in [6.45, 7) is 8.03. The fourth-order valence-corrected chi connectivity index (χ4v) is 5.39. The quantitative estimate of drug-likeness (QED) is 0.0243. The van der Waals surface area contributed by atoms with Gasteiger partial charge in [0.05, 0.1) is 27.7 Å². The lowest BCUT2D eigenvalue weighted by atomic mass is 10.1. The summed E-state index contributed by atoms with van der Waals surface area (Å²) in [5, 5.41) is 2.84. The van der Waals surface area contributed by atoms with E-state index in [9.17, 15) is 23.8 Å². The topological polar surface area (TPSA) is 137 Å². The van der Waals surface area contributed by atoms with Crippen molar-refractivity contribution in [2.75, 3.05) is 54.1 Å². The number of nitrogens with one attached hydrogen (secondary N) is 1. The number of hydrogen-bond donors (Lipinski definition) is 2. The number of unbranched alkanes of at least 4 members (excludes halogenated alkanes) is 15. The molecule has 0 aromatic rings. The van der Waals surface area contributed by atoms with E-state index in [4.69, 9.17) is 18.5 Å². The Hall–Kier alpha value is -1.78. The number of esters is 2. The van der Waals surface area contributed by atoms with E-state index in [2.05, 4.69) is 18.8 Å². The average Bonchev–Trinajstić information content (AvgIpc) is 2.99. The zero-order valence-corrected chi connectivity index (χ0v) is 31.3. The van der Waals surface area contributed by atoms with Crippen LogP contribution in [-0.4, -0.2) is 87.4 Å². The van der Waals surface area contributed by atoms with E-state index in [1.807, 2.05) is 21.1 Å². The average molecular weight is 692 g/mol. The molecular formula is C35H68N2O9P+. The van der Waals surface area contributed by atoms with Gasteiger partial charge in [0.2, 0.25) is 5.91 Å². The molecule has 0 aliphatic heterocycles. The predicted molar refractivity (Wildman–Crippen MR) is 187 cm³/mol. The van der Waals surface area contributed by atoms with Gasteiger partial charge in [-0.25, -0.2) is 4.57 Å². The van der Waals surface area contributed by atoms with Crippen LogP contribution in [0.2, 0.25) is 0 Å². The van der Waals surface area contributed by atoms with Gasteiger partial charge in [0.25, 0.3) is 0 Å². The SMILES string of the molecule is C=C(C)C(=O)NCCCCCCCCCCC(=O)OC(COC(=O)CCCCCCCCCCC)COP(=O)(O)OCC[N+](C)(C)C. The number of rotatable bonds is 32. The number of carbonyl (C=O) groups excluding carboxylic acids is 3. The highest BCUT2D eigenvalue weighted by atomic mass is 31.2. The van der Waals surface area contributed by atoms with E-state index < -0.39 is 32.5 Å². The number of quaternary nitrogens is 1. The van der Waals surface area contributed by atoms with Gasteiger partial charge in [-0.1, -0.05) is 103 Å². The normalized spacial score (nSPS) is 13.5. The van der Waals surface area contributed by atoms with Crippen molar-refractivity contribution in [3.63, 3.8) is 0 Å². The lowest BCUT2D eigenvalue weighted by molar-refractivity contribution is -0.870. The van der Waals surface area contributed by atoms with Gasteiger partial charge >= 0.3 is 19.8 Å². The van der Waals surface area contributed by atoms with Gasteiger partial charge in [0.1, 0.15) is 19.8 Å². The van der Waals surface area contributed by atoms with Gasteiger partial charge in [0, 0.05) is 25.0 Å². The molecule has 11 nitrogen and oxygen atoms in total. The largest absolute Gasteiger partial charge is 0.472 e. The summed E-state index contributed by atoms with van der Waals surface area (Å²) in [5.74, 6) is -0.956. The summed E-state index contributed by atoms with van der Waals surface area (Å²) in [6, 6.07) is 0. The number of phosphoric ester groups is 1. The van der Waals surface area contributed by atoms with E-state index in [0.29, 0.717) is 29.6 Å². The molecule has 276 valence electrons. The van der Waals surface area contributed by atoms with Crippen molar-refractivity contribution in [1.82, 2.24) is 5.32 Å². The van der Waals surface area contributed by atoms with Crippen LogP contribution in [0.3, 0.4) is 0 Å². The van der Waals surface area contributed by atoms with Crippen molar-refractivity contribution in [3.8, 4) is 0 Å². The molecule has 12 heteroatoms. The van der Waals surface area contributed by atoms with E-state index in [-0.39, 0.29) is 32.0 Å². The predicted octanol–water partition coefficient (Wildman–Crippen LogP) is 7.41. The number of hydrogen-bond acceptors (Lipinski definition) is 8. The molecule has 0 heterocycles. The summed E-state index contributed by atoms with van der Waals surface area (Å²) in [6.07, 6.45) is 17.5. The number of phosphoric acid groups is 1. The fourth-order valence-electron chi connectivity index (χ4n) is 4.65. The monoisotopic (exact) mass is 691 g/mol. The number of likely N-dealkylation sites (N-methyl/N-ethyl adjacent to an activating group) is 1. The van der Waals surface area contributed by atoms with Crippen molar-refractivity contribution < 1.29 is 46.8 Å². The molecule has 0 radical (unpaired) electrons. The Bertz CT molecular complexity index is 908. The van der Waals surface area contributed by atoms with Crippen LogP contribution in [0.5, 0.6) is 0 Å². The molecule has 0 aliphatic carbocycles. The van der Waals surface area contributed by atoms with Gasteiger partial charge in [0.15, 0.2) is 6.10 Å². The zero-order valence-electron chi connectivity index (χ0n) is 30.4. The van der Waals surface area contributed by atoms with Crippen molar-refractivity contribution in [1.29, 1.82) is 0 Å². The van der Waals surface area contributed by atoms with Crippen molar-refractivity contribution >= 4 is 25.7 Å².